The molecule has 3 rings (SSSR count). The van der Waals surface area contributed by atoms with Gasteiger partial charge in [0.2, 0.25) is 5.90 Å². The third-order valence-electron chi connectivity index (χ3n) is 3.27. The van der Waals surface area contributed by atoms with Crippen LogP contribution in [0, 0.1) is 0 Å². The van der Waals surface area contributed by atoms with Gasteiger partial charge in [-0.05, 0) is 23.3 Å². The van der Waals surface area contributed by atoms with Crippen molar-refractivity contribution in [1.82, 2.24) is 0 Å². The number of rotatable bonds is 3. The van der Waals surface area contributed by atoms with Gasteiger partial charge in [0, 0.05) is 5.56 Å². The second kappa shape index (κ2) is 5.29. The van der Waals surface area contributed by atoms with Crippen LogP contribution in [0.1, 0.15) is 25.3 Å². The summed E-state index contributed by atoms with van der Waals surface area (Å²) in [6, 6.07) is 13.9. The van der Waals surface area contributed by atoms with Crippen molar-refractivity contribution < 1.29 is 9.53 Å². The number of nitrogens with zero attached hydrogens (tertiary/aromatic N) is 1. The molecule has 3 nitrogen and oxygen atoms in total. The Labute approximate surface area is 117 Å². The fraction of sp³-hybridized carbons (Fsp3) is 0.176. The molecule has 20 heavy (non-hydrogen) atoms. The van der Waals surface area contributed by atoms with Gasteiger partial charge >= 0.3 is 5.97 Å². The van der Waals surface area contributed by atoms with Crippen molar-refractivity contribution in [3.63, 3.8) is 0 Å². The normalized spacial score (nSPS) is 16.6. The number of cyclic esters (lactones) is 1. The van der Waals surface area contributed by atoms with Crippen LogP contribution in [-0.4, -0.2) is 11.9 Å². The molecule has 1 aliphatic heterocycles. The highest BCUT2D eigenvalue weighted by atomic mass is 16.6. The zero-order chi connectivity index (χ0) is 13.9. The van der Waals surface area contributed by atoms with Gasteiger partial charge in [0.05, 0.1) is 0 Å². The Kier molecular flexibility index (Phi) is 3.33. The summed E-state index contributed by atoms with van der Waals surface area (Å²) in [5.41, 5.74) is 1.27. The van der Waals surface area contributed by atoms with E-state index in [0.29, 0.717) is 11.6 Å². The summed E-state index contributed by atoms with van der Waals surface area (Å²) in [5, 5.41) is 2.15. The molecular formula is C17H15NO2. The Morgan fingerprint density at radius 1 is 1.15 bits per heavy atom. The molecule has 0 saturated carbocycles. The quantitative estimate of drug-likeness (QED) is 0.625. The first-order valence-electron chi connectivity index (χ1n) is 6.78. The van der Waals surface area contributed by atoms with Crippen molar-refractivity contribution in [3.05, 3.63) is 59.8 Å². The summed E-state index contributed by atoms with van der Waals surface area (Å²) in [7, 11) is 0. The highest BCUT2D eigenvalue weighted by Crippen LogP contribution is 2.23. The van der Waals surface area contributed by atoms with E-state index in [1.54, 1.807) is 0 Å². The van der Waals surface area contributed by atoms with Crippen molar-refractivity contribution in [2.75, 3.05) is 0 Å². The standard InChI is InChI=1S/C17H15NO2/c1-2-3-11-15-17(19)20-16(18-15)14-10-6-8-12-7-4-5-9-13(12)14/h4-11H,2-3H2,1H3/b15-11-. The van der Waals surface area contributed by atoms with Crippen LogP contribution in [-0.2, 0) is 9.53 Å². The average Bonchev–Trinajstić information content (AvgIpc) is 2.85. The summed E-state index contributed by atoms with van der Waals surface area (Å²) < 4.78 is 5.31. The van der Waals surface area contributed by atoms with Crippen LogP contribution in [0.2, 0.25) is 0 Å². The van der Waals surface area contributed by atoms with Gasteiger partial charge in [-0.25, -0.2) is 9.79 Å². The molecule has 0 aliphatic carbocycles. The molecule has 3 heteroatoms. The van der Waals surface area contributed by atoms with Crippen molar-refractivity contribution >= 4 is 22.6 Å². The van der Waals surface area contributed by atoms with Gasteiger partial charge in [-0.3, -0.25) is 0 Å². The predicted octanol–water partition coefficient (Wildman–Crippen LogP) is 3.83. The molecule has 1 heterocycles. The number of fused-ring (bicyclic) bond motifs is 1. The predicted molar refractivity (Wildman–Crippen MR) is 79.6 cm³/mol. The zero-order valence-corrected chi connectivity index (χ0v) is 11.3. The maximum atomic E-state index is 11.8. The fourth-order valence-corrected chi connectivity index (χ4v) is 2.26. The van der Waals surface area contributed by atoms with E-state index in [-0.39, 0.29) is 5.97 Å². The van der Waals surface area contributed by atoms with E-state index in [1.807, 2.05) is 48.5 Å². The lowest BCUT2D eigenvalue weighted by atomic mass is 10.0. The highest BCUT2D eigenvalue weighted by molar-refractivity contribution is 6.16. The zero-order valence-electron chi connectivity index (χ0n) is 11.3. The molecule has 0 saturated heterocycles. The van der Waals surface area contributed by atoms with E-state index in [1.165, 1.54) is 0 Å². The van der Waals surface area contributed by atoms with E-state index < -0.39 is 0 Å². The lowest BCUT2D eigenvalue weighted by molar-refractivity contribution is -0.130. The molecule has 0 N–H and O–H groups in total. The number of hydrogen-bond donors (Lipinski definition) is 0. The summed E-state index contributed by atoms with van der Waals surface area (Å²) >= 11 is 0. The SMILES string of the molecule is CCC/C=C1\N=C(c2cccc3ccccc23)OC1=O. The smallest absolute Gasteiger partial charge is 0.363 e. The average molecular weight is 265 g/mol. The molecule has 0 fully saturated rings. The molecule has 1 aliphatic rings. The minimum atomic E-state index is -0.360. The van der Waals surface area contributed by atoms with Crippen LogP contribution in [0.15, 0.2) is 59.2 Å². The van der Waals surface area contributed by atoms with Crippen LogP contribution in [0.3, 0.4) is 0 Å². The largest absolute Gasteiger partial charge is 0.402 e. The number of carbonyl (C=O) groups is 1. The van der Waals surface area contributed by atoms with Crippen LogP contribution >= 0.6 is 0 Å². The number of ether oxygens (including phenoxy) is 1. The fourth-order valence-electron chi connectivity index (χ4n) is 2.26. The third kappa shape index (κ3) is 2.23. The Morgan fingerprint density at radius 2 is 1.95 bits per heavy atom. The summed E-state index contributed by atoms with van der Waals surface area (Å²) in [6.45, 7) is 2.06. The van der Waals surface area contributed by atoms with E-state index >= 15 is 0 Å². The van der Waals surface area contributed by atoms with Gasteiger partial charge in [-0.2, -0.15) is 0 Å². The number of allylic oxidation sites excluding steroid dienone is 1. The van der Waals surface area contributed by atoms with Gasteiger partial charge in [-0.15, -0.1) is 0 Å². The molecule has 0 bridgehead atoms. The molecular weight excluding hydrogens is 250 g/mol. The molecule has 0 atom stereocenters. The summed E-state index contributed by atoms with van der Waals surface area (Å²) in [5.74, 6) is 0.0375. The van der Waals surface area contributed by atoms with Gasteiger partial charge in [-0.1, -0.05) is 55.8 Å². The first-order valence-corrected chi connectivity index (χ1v) is 6.78. The second-order valence-electron chi connectivity index (χ2n) is 4.71. The monoisotopic (exact) mass is 265 g/mol. The molecule has 2 aromatic carbocycles. The molecule has 100 valence electrons. The Hall–Kier alpha value is -2.42. The summed E-state index contributed by atoms with van der Waals surface area (Å²) in [6.07, 6.45) is 3.65. The van der Waals surface area contributed by atoms with Gasteiger partial charge in [0.25, 0.3) is 0 Å². The van der Waals surface area contributed by atoms with Gasteiger partial charge in [0.15, 0.2) is 0 Å². The van der Waals surface area contributed by atoms with Crippen molar-refractivity contribution in [2.45, 2.75) is 19.8 Å². The minimum absolute atomic E-state index is 0.360. The van der Waals surface area contributed by atoms with Crippen molar-refractivity contribution in [1.29, 1.82) is 0 Å². The molecule has 0 unspecified atom stereocenters. The highest BCUT2D eigenvalue weighted by Gasteiger charge is 2.24. The molecule has 0 spiro atoms. The number of carbonyl (C=O) groups excluding carboxylic acids is 1. The molecule has 2 aromatic rings. The summed E-state index contributed by atoms with van der Waals surface area (Å²) in [4.78, 5) is 16.1. The Morgan fingerprint density at radius 3 is 2.80 bits per heavy atom. The number of benzene rings is 2. The van der Waals surface area contributed by atoms with Gasteiger partial charge < -0.3 is 4.74 Å². The van der Waals surface area contributed by atoms with Crippen LogP contribution < -0.4 is 0 Å². The molecule has 0 radical (unpaired) electrons. The minimum Gasteiger partial charge on any atom is -0.402 e. The van der Waals surface area contributed by atoms with E-state index in [9.17, 15) is 4.79 Å². The molecule has 0 aromatic heterocycles. The second-order valence-corrected chi connectivity index (χ2v) is 4.71. The number of unbranched alkanes of at least 4 members (excludes halogenated alkanes) is 1. The first kappa shape index (κ1) is 12.6. The lowest BCUT2D eigenvalue weighted by Crippen LogP contribution is -2.05. The van der Waals surface area contributed by atoms with E-state index in [2.05, 4.69) is 11.9 Å². The number of esters is 1. The van der Waals surface area contributed by atoms with Crippen LogP contribution in [0.25, 0.3) is 10.8 Å². The van der Waals surface area contributed by atoms with E-state index in [4.69, 9.17) is 4.74 Å². The third-order valence-corrected chi connectivity index (χ3v) is 3.27. The number of aliphatic imine (C=N–C) groups is 1. The van der Waals surface area contributed by atoms with Gasteiger partial charge in [0.1, 0.15) is 5.70 Å². The Balaban J connectivity index is 2.06. The van der Waals surface area contributed by atoms with Crippen molar-refractivity contribution in [2.24, 2.45) is 4.99 Å². The lowest BCUT2D eigenvalue weighted by Gasteiger charge is -2.04. The van der Waals surface area contributed by atoms with Crippen molar-refractivity contribution in [3.8, 4) is 0 Å². The van der Waals surface area contributed by atoms with Crippen LogP contribution in [0.4, 0.5) is 0 Å². The topological polar surface area (TPSA) is 38.7 Å². The molecule has 0 amide bonds. The Bertz CT molecular complexity index is 723. The maximum absolute atomic E-state index is 11.8. The maximum Gasteiger partial charge on any atom is 0.363 e. The first-order chi connectivity index (χ1) is 9.79. The van der Waals surface area contributed by atoms with E-state index in [0.717, 1.165) is 29.2 Å². The number of hydrogen-bond acceptors (Lipinski definition) is 3. The van der Waals surface area contributed by atoms with Crippen LogP contribution in [0.5, 0.6) is 0 Å².